The van der Waals surface area contributed by atoms with Gasteiger partial charge in [0.15, 0.2) is 17.4 Å². The fourth-order valence-electron chi connectivity index (χ4n) is 3.18. The minimum atomic E-state index is 0.0947. The summed E-state index contributed by atoms with van der Waals surface area (Å²) in [5, 5.41) is 15.2. The summed E-state index contributed by atoms with van der Waals surface area (Å²) in [5.74, 6) is 1.62. The Labute approximate surface area is 148 Å². The zero-order valence-corrected chi connectivity index (χ0v) is 15.2. The van der Waals surface area contributed by atoms with Crippen LogP contribution in [0, 0.1) is 0 Å². The molecule has 0 atom stereocenters. The molecule has 2 N–H and O–H groups in total. The van der Waals surface area contributed by atoms with E-state index < -0.39 is 0 Å². The molecule has 0 radical (unpaired) electrons. The van der Waals surface area contributed by atoms with Crippen molar-refractivity contribution < 1.29 is 4.74 Å². The van der Waals surface area contributed by atoms with Gasteiger partial charge in [0.25, 0.3) is 0 Å². The number of nitrogens with one attached hydrogen (secondary N) is 2. The summed E-state index contributed by atoms with van der Waals surface area (Å²) in [6, 6.07) is 5.87. The van der Waals surface area contributed by atoms with Crippen molar-refractivity contribution in [2.24, 2.45) is 4.99 Å². The van der Waals surface area contributed by atoms with Crippen LogP contribution in [0.1, 0.15) is 18.7 Å². The van der Waals surface area contributed by atoms with Crippen LogP contribution in [0.5, 0.6) is 0 Å². The molecule has 1 saturated heterocycles. The molecular formula is C17H27N7O. The second-order valence-electron chi connectivity index (χ2n) is 6.56. The maximum absolute atomic E-state index is 5.53. The molecule has 0 aromatic carbocycles. The van der Waals surface area contributed by atoms with Crippen LogP contribution in [0.25, 0.3) is 5.65 Å². The Bertz CT molecular complexity index is 719. The highest BCUT2D eigenvalue weighted by atomic mass is 16.5. The van der Waals surface area contributed by atoms with Crippen molar-refractivity contribution in [3.05, 3.63) is 30.2 Å². The Morgan fingerprint density at radius 3 is 2.80 bits per heavy atom. The highest BCUT2D eigenvalue weighted by Crippen LogP contribution is 2.24. The number of hydrogen-bond donors (Lipinski definition) is 2. The van der Waals surface area contributed by atoms with E-state index in [0.717, 1.165) is 50.0 Å². The predicted octanol–water partition coefficient (Wildman–Crippen LogP) is 0.505. The number of likely N-dealkylation sites (N-methyl/N-ethyl adjacent to an activating group) is 1. The smallest absolute Gasteiger partial charge is 0.191 e. The standard InChI is InChI=1S/C17H27N7O/c1-18-16(20-13-17(23(2)3)7-10-25-11-8-17)19-12-15-22-21-14-6-4-5-9-24(14)15/h4-6,9H,7-8,10-13H2,1-3H3,(H2,18,19,20). The molecule has 0 saturated carbocycles. The number of rotatable bonds is 5. The number of fused-ring (bicyclic) bond motifs is 1. The fourth-order valence-corrected chi connectivity index (χ4v) is 3.18. The lowest BCUT2D eigenvalue weighted by Gasteiger charge is -2.43. The van der Waals surface area contributed by atoms with Crippen LogP contribution in [0.15, 0.2) is 29.4 Å². The Hall–Kier alpha value is -2.19. The van der Waals surface area contributed by atoms with Gasteiger partial charge in [-0.2, -0.15) is 0 Å². The lowest BCUT2D eigenvalue weighted by atomic mass is 9.88. The first-order chi connectivity index (χ1) is 12.1. The quantitative estimate of drug-likeness (QED) is 0.607. The third-order valence-corrected chi connectivity index (χ3v) is 4.98. The van der Waals surface area contributed by atoms with Gasteiger partial charge in [0.1, 0.15) is 0 Å². The van der Waals surface area contributed by atoms with Crippen LogP contribution in [-0.4, -0.2) is 71.9 Å². The SMILES string of the molecule is CN=C(NCc1nnc2ccccn12)NCC1(N(C)C)CCOCC1. The number of pyridine rings is 1. The molecule has 25 heavy (non-hydrogen) atoms. The molecule has 1 fully saturated rings. The summed E-state index contributed by atoms with van der Waals surface area (Å²) in [6.07, 6.45) is 3.99. The maximum Gasteiger partial charge on any atom is 0.191 e. The van der Waals surface area contributed by atoms with Gasteiger partial charge in [-0.15, -0.1) is 10.2 Å². The van der Waals surface area contributed by atoms with Crippen molar-refractivity contribution in [3.63, 3.8) is 0 Å². The molecule has 3 heterocycles. The molecule has 0 spiro atoms. The number of hydrogen-bond acceptors (Lipinski definition) is 5. The van der Waals surface area contributed by atoms with Crippen molar-refractivity contribution >= 4 is 11.6 Å². The van der Waals surface area contributed by atoms with Gasteiger partial charge in [-0.1, -0.05) is 6.07 Å². The average molecular weight is 345 g/mol. The summed E-state index contributed by atoms with van der Waals surface area (Å²) in [7, 11) is 6.04. The van der Waals surface area contributed by atoms with E-state index in [2.05, 4.69) is 44.8 Å². The van der Waals surface area contributed by atoms with E-state index in [4.69, 9.17) is 4.74 Å². The van der Waals surface area contributed by atoms with Crippen LogP contribution in [-0.2, 0) is 11.3 Å². The highest BCUT2D eigenvalue weighted by molar-refractivity contribution is 5.79. The molecular weight excluding hydrogens is 318 g/mol. The first kappa shape index (κ1) is 17.6. The maximum atomic E-state index is 5.53. The van der Waals surface area contributed by atoms with Crippen LogP contribution in [0.3, 0.4) is 0 Å². The Balaban J connectivity index is 1.59. The van der Waals surface area contributed by atoms with E-state index in [9.17, 15) is 0 Å². The molecule has 8 nitrogen and oxygen atoms in total. The second-order valence-corrected chi connectivity index (χ2v) is 6.56. The largest absolute Gasteiger partial charge is 0.381 e. The number of nitrogens with zero attached hydrogens (tertiary/aromatic N) is 5. The molecule has 2 aromatic heterocycles. The summed E-state index contributed by atoms with van der Waals surface area (Å²) in [4.78, 5) is 6.62. The number of guanidine groups is 1. The van der Waals surface area contributed by atoms with Crippen molar-refractivity contribution in [1.82, 2.24) is 30.1 Å². The molecule has 136 valence electrons. The fraction of sp³-hybridized carbons (Fsp3) is 0.588. The zero-order chi connectivity index (χ0) is 17.7. The predicted molar refractivity (Wildman–Crippen MR) is 97.7 cm³/mol. The lowest BCUT2D eigenvalue weighted by Crippen LogP contribution is -2.57. The zero-order valence-electron chi connectivity index (χ0n) is 15.2. The second kappa shape index (κ2) is 7.79. The van der Waals surface area contributed by atoms with Crippen LogP contribution in [0.4, 0.5) is 0 Å². The highest BCUT2D eigenvalue weighted by Gasteiger charge is 2.34. The van der Waals surface area contributed by atoms with Gasteiger partial charge in [-0.3, -0.25) is 9.39 Å². The van der Waals surface area contributed by atoms with Crippen molar-refractivity contribution in [1.29, 1.82) is 0 Å². The van der Waals surface area contributed by atoms with Crippen LogP contribution >= 0.6 is 0 Å². The molecule has 0 aliphatic carbocycles. The van der Waals surface area contributed by atoms with Crippen LogP contribution in [0.2, 0.25) is 0 Å². The normalized spacial score (nSPS) is 17.8. The molecule has 0 unspecified atom stereocenters. The Morgan fingerprint density at radius 2 is 2.08 bits per heavy atom. The first-order valence-electron chi connectivity index (χ1n) is 8.63. The van der Waals surface area contributed by atoms with Gasteiger partial charge in [0.2, 0.25) is 0 Å². The minimum absolute atomic E-state index is 0.0947. The number of aromatic nitrogens is 3. The van der Waals surface area contributed by atoms with Crippen molar-refractivity contribution in [2.45, 2.75) is 24.9 Å². The number of aliphatic imine (C=N–C) groups is 1. The van der Waals surface area contributed by atoms with Gasteiger partial charge in [0.05, 0.1) is 6.54 Å². The molecule has 8 heteroatoms. The molecule has 1 aliphatic heterocycles. The summed E-state index contributed by atoms with van der Waals surface area (Å²) in [5.41, 5.74) is 0.938. The van der Waals surface area contributed by atoms with E-state index in [1.807, 2.05) is 28.8 Å². The van der Waals surface area contributed by atoms with Crippen molar-refractivity contribution in [2.75, 3.05) is 40.9 Å². The topological polar surface area (TPSA) is 79.1 Å². The summed E-state index contributed by atoms with van der Waals surface area (Å²) in [6.45, 7) is 2.99. The number of ether oxygens (including phenoxy) is 1. The van der Waals surface area contributed by atoms with Gasteiger partial charge in [-0.05, 0) is 39.1 Å². The molecule has 0 amide bonds. The average Bonchev–Trinajstić information content (AvgIpc) is 3.06. The summed E-state index contributed by atoms with van der Waals surface area (Å²) < 4.78 is 7.50. The lowest BCUT2D eigenvalue weighted by molar-refractivity contribution is -0.00501. The van der Waals surface area contributed by atoms with Gasteiger partial charge < -0.3 is 20.3 Å². The molecule has 1 aliphatic rings. The molecule has 2 aromatic rings. The summed E-state index contributed by atoms with van der Waals surface area (Å²) >= 11 is 0. The molecule has 0 bridgehead atoms. The van der Waals surface area contributed by atoms with E-state index in [-0.39, 0.29) is 5.54 Å². The van der Waals surface area contributed by atoms with E-state index in [1.165, 1.54) is 0 Å². The third-order valence-electron chi connectivity index (χ3n) is 4.98. The first-order valence-corrected chi connectivity index (χ1v) is 8.63. The van der Waals surface area contributed by atoms with Gasteiger partial charge in [-0.25, -0.2) is 0 Å². The van der Waals surface area contributed by atoms with E-state index in [1.54, 1.807) is 7.05 Å². The van der Waals surface area contributed by atoms with E-state index >= 15 is 0 Å². The van der Waals surface area contributed by atoms with Crippen LogP contribution < -0.4 is 10.6 Å². The Morgan fingerprint density at radius 1 is 1.28 bits per heavy atom. The van der Waals surface area contributed by atoms with E-state index in [0.29, 0.717) is 6.54 Å². The Kier molecular flexibility index (Phi) is 5.50. The minimum Gasteiger partial charge on any atom is -0.381 e. The molecule has 3 rings (SSSR count). The van der Waals surface area contributed by atoms with Crippen molar-refractivity contribution in [3.8, 4) is 0 Å². The monoisotopic (exact) mass is 345 g/mol. The van der Waals surface area contributed by atoms with Gasteiger partial charge in [0, 0.05) is 38.5 Å². The van der Waals surface area contributed by atoms with Gasteiger partial charge >= 0.3 is 0 Å². The third kappa shape index (κ3) is 3.91.